The second-order valence-electron chi connectivity index (χ2n) is 4.67. The summed E-state index contributed by atoms with van der Waals surface area (Å²) >= 11 is 0. The van der Waals surface area contributed by atoms with Crippen molar-refractivity contribution in [2.24, 2.45) is 5.41 Å². The van der Waals surface area contributed by atoms with Crippen molar-refractivity contribution in [2.75, 3.05) is 0 Å². The molecule has 0 spiro atoms. The number of hydrogen-bond donors (Lipinski definition) is 0. The maximum absolute atomic E-state index is 4.38. The monoisotopic (exact) mass is 178 g/mol. The Morgan fingerprint density at radius 1 is 1.15 bits per heavy atom. The molecule has 0 unspecified atom stereocenters. The van der Waals surface area contributed by atoms with Crippen LogP contribution in [0.4, 0.5) is 0 Å². The van der Waals surface area contributed by atoms with Crippen LogP contribution < -0.4 is 0 Å². The highest BCUT2D eigenvalue weighted by Gasteiger charge is 2.22. The molecule has 0 amide bonds. The van der Waals surface area contributed by atoms with E-state index in [1.165, 1.54) is 0 Å². The maximum Gasteiger partial charge on any atom is 0.0620 e. The molecular weight excluding hydrogens is 160 g/mol. The molecule has 0 bridgehead atoms. The minimum absolute atomic E-state index is 0.254. The summed E-state index contributed by atoms with van der Waals surface area (Å²) in [5, 5.41) is 0. The van der Waals surface area contributed by atoms with Gasteiger partial charge in [0.1, 0.15) is 0 Å². The first-order valence-corrected chi connectivity index (χ1v) is 4.70. The first-order chi connectivity index (χ1) is 5.91. The molecule has 0 aromatic carbocycles. The summed E-state index contributed by atoms with van der Waals surface area (Å²) < 4.78 is 0. The van der Waals surface area contributed by atoms with Crippen molar-refractivity contribution in [1.82, 2.24) is 9.97 Å². The van der Waals surface area contributed by atoms with Gasteiger partial charge in [-0.25, -0.2) is 0 Å². The van der Waals surface area contributed by atoms with Gasteiger partial charge in [-0.15, -0.1) is 0 Å². The lowest BCUT2D eigenvalue weighted by atomic mass is 9.80. The van der Waals surface area contributed by atoms with Crippen molar-refractivity contribution in [3.8, 4) is 0 Å². The van der Waals surface area contributed by atoms with Crippen molar-refractivity contribution in [2.45, 2.75) is 40.5 Å². The van der Waals surface area contributed by atoms with E-state index in [1.807, 2.05) is 19.3 Å². The third-order valence-corrected chi connectivity index (χ3v) is 2.54. The molecule has 0 saturated carbocycles. The Kier molecular flexibility index (Phi) is 2.69. The lowest BCUT2D eigenvalue weighted by Gasteiger charge is -2.26. The second-order valence-corrected chi connectivity index (χ2v) is 4.67. The average molecular weight is 178 g/mol. The summed E-state index contributed by atoms with van der Waals surface area (Å²) in [4.78, 5) is 8.63. The zero-order valence-electron chi connectivity index (χ0n) is 9.13. The van der Waals surface area contributed by atoms with Gasteiger partial charge in [-0.05, 0) is 12.3 Å². The largest absolute Gasteiger partial charge is 0.258 e. The van der Waals surface area contributed by atoms with Gasteiger partial charge in [0.25, 0.3) is 0 Å². The molecule has 2 heteroatoms. The number of aromatic nitrogens is 2. The molecule has 0 N–H and O–H groups in total. The molecule has 0 radical (unpaired) electrons. The lowest BCUT2D eigenvalue weighted by Crippen LogP contribution is -2.16. The fraction of sp³-hybridized carbons (Fsp3) is 0.636. The molecule has 0 aliphatic heterocycles. The minimum atomic E-state index is 0.254. The van der Waals surface area contributed by atoms with E-state index in [0.29, 0.717) is 5.92 Å². The first-order valence-electron chi connectivity index (χ1n) is 4.70. The zero-order valence-corrected chi connectivity index (χ0v) is 9.13. The van der Waals surface area contributed by atoms with Crippen LogP contribution in [-0.2, 0) is 0 Å². The molecule has 0 fully saturated rings. The Balaban J connectivity index is 2.90. The molecule has 1 rings (SSSR count). The molecule has 1 aromatic rings. The lowest BCUT2D eigenvalue weighted by molar-refractivity contribution is 0.333. The van der Waals surface area contributed by atoms with Crippen LogP contribution in [0.3, 0.4) is 0 Å². The van der Waals surface area contributed by atoms with Crippen molar-refractivity contribution in [1.29, 1.82) is 0 Å². The minimum Gasteiger partial charge on any atom is -0.258 e. The Morgan fingerprint density at radius 3 is 2.15 bits per heavy atom. The average Bonchev–Trinajstić information content (AvgIpc) is 2.03. The van der Waals surface area contributed by atoms with Crippen LogP contribution in [0.15, 0.2) is 12.4 Å². The van der Waals surface area contributed by atoms with Gasteiger partial charge in [-0.1, -0.05) is 27.7 Å². The smallest absolute Gasteiger partial charge is 0.0620 e. The molecule has 2 nitrogen and oxygen atoms in total. The van der Waals surface area contributed by atoms with E-state index < -0.39 is 0 Å². The summed E-state index contributed by atoms with van der Waals surface area (Å²) in [5.74, 6) is 0.445. The summed E-state index contributed by atoms with van der Waals surface area (Å²) in [6, 6.07) is 0. The third-order valence-electron chi connectivity index (χ3n) is 2.54. The normalized spacial score (nSPS) is 14.2. The summed E-state index contributed by atoms with van der Waals surface area (Å²) in [7, 11) is 0. The molecule has 0 aliphatic rings. The fourth-order valence-corrected chi connectivity index (χ4v) is 1.07. The highest BCUT2D eigenvalue weighted by Crippen LogP contribution is 2.32. The van der Waals surface area contributed by atoms with Crippen molar-refractivity contribution < 1.29 is 0 Å². The predicted molar refractivity (Wildman–Crippen MR) is 54.6 cm³/mol. The van der Waals surface area contributed by atoms with Crippen molar-refractivity contribution in [3.05, 3.63) is 23.8 Å². The van der Waals surface area contributed by atoms with Crippen LogP contribution >= 0.6 is 0 Å². The molecule has 0 saturated heterocycles. The van der Waals surface area contributed by atoms with Gasteiger partial charge in [0.15, 0.2) is 0 Å². The summed E-state index contributed by atoms with van der Waals surface area (Å²) in [6.07, 6.45) is 3.71. The van der Waals surface area contributed by atoms with Crippen LogP contribution in [0.1, 0.15) is 45.0 Å². The predicted octanol–water partition coefficient (Wildman–Crippen LogP) is 2.93. The molecule has 0 aliphatic carbocycles. The van der Waals surface area contributed by atoms with Gasteiger partial charge in [0, 0.05) is 18.3 Å². The van der Waals surface area contributed by atoms with E-state index in [-0.39, 0.29) is 5.41 Å². The van der Waals surface area contributed by atoms with Crippen LogP contribution in [0.25, 0.3) is 0 Å². The molecule has 1 heterocycles. The van der Waals surface area contributed by atoms with Crippen LogP contribution in [0.5, 0.6) is 0 Å². The quantitative estimate of drug-likeness (QED) is 0.660. The number of nitrogens with zero attached hydrogens (tertiary/aromatic N) is 2. The molecule has 72 valence electrons. The SMILES string of the molecule is Cc1cnc([C@@H](C)C(C)(C)C)cn1. The standard InChI is InChI=1S/C11H18N2/c1-8-6-13-10(7-12-8)9(2)11(3,4)5/h6-7,9H,1-5H3/t9-/m1/s1. The van der Waals surface area contributed by atoms with E-state index in [9.17, 15) is 0 Å². The van der Waals surface area contributed by atoms with Gasteiger partial charge in [-0.2, -0.15) is 0 Å². The number of aryl methyl sites for hydroxylation is 1. The summed E-state index contributed by atoms with van der Waals surface area (Å²) in [6.45, 7) is 10.8. The van der Waals surface area contributed by atoms with E-state index in [4.69, 9.17) is 0 Å². The fourth-order valence-electron chi connectivity index (χ4n) is 1.07. The van der Waals surface area contributed by atoms with E-state index >= 15 is 0 Å². The maximum atomic E-state index is 4.38. The Labute approximate surface area is 80.4 Å². The Morgan fingerprint density at radius 2 is 1.77 bits per heavy atom. The Bertz CT molecular complexity index is 269. The van der Waals surface area contributed by atoms with E-state index in [2.05, 4.69) is 37.7 Å². The Hall–Kier alpha value is -0.920. The molecular formula is C11H18N2. The summed E-state index contributed by atoms with van der Waals surface area (Å²) in [5.41, 5.74) is 2.31. The van der Waals surface area contributed by atoms with Crippen molar-refractivity contribution >= 4 is 0 Å². The zero-order chi connectivity index (χ0) is 10.1. The molecule has 1 atom stereocenters. The highest BCUT2D eigenvalue weighted by atomic mass is 14.8. The van der Waals surface area contributed by atoms with Crippen LogP contribution in [0, 0.1) is 12.3 Å². The van der Waals surface area contributed by atoms with E-state index in [0.717, 1.165) is 11.4 Å². The molecule has 1 aromatic heterocycles. The second kappa shape index (κ2) is 3.44. The van der Waals surface area contributed by atoms with Gasteiger partial charge >= 0.3 is 0 Å². The topological polar surface area (TPSA) is 25.8 Å². The van der Waals surface area contributed by atoms with Crippen molar-refractivity contribution in [3.63, 3.8) is 0 Å². The van der Waals surface area contributed by atoms with Crippen LogP contribution in [-0.4, -0.2) is 9.97 Å². The first kappa shape index (κ1) is 10.2. The third kappa shape index (κ3) is 2.51. The molecule has 13 heavy (non-hydrogen) atoms. The number of rotatable bonds is 1. The van der Waals surface area contributed by atoms with Crippen LogP contribution in [0.2, 0.25) is 0 Å². The van der Waals surface area contributed by atoms with Gasteiger partial charge in [0.2, 0.25) is 0 Å². The van der Waals surface area contributed by atoms with Gasteiger partial charge < -0.3 is 0 Å². The van der Waals surface area contributed by atoms with Gasteiger partial charge in [-0.3, -0.25) is 9.97 Å². The highest BCUT2D eigenvalue weighted by molar-refractivity contribution is 5.08. The van der Waals surface area contributed by atoms with Gasteiger partial charge in [0.05, 0.1) is 11.4 Å². The van der Waals surface area contributed by atoms with E-state index in [1.54, 1.807) is 0 Å². The number of hydrogen-bond acceptors (Lipinski definition) is 2.